The van der Waals surface area contributed by atoms with Gasteiger partial charge in [0.1, 0.15) is 17.2 Å². The molecular formula is C15H19BrFNO. The first-order valence-electron chi connectivity index (χ1n) is 6.77. The van der Waals surface area contributed by atoms with Crippen molar-refractivity contribution in [3.63, 3.8) is 0 Å². The van der Waals surface area contributed by atoms with E-state index in [0.29, 0.717) is 11.0 Å². The predicted molar refractivity (Wildman–Crippen MR) is 79.9 cm³/mol. The van der Waals surface area contributed by atoms with Gasteiger partial charge in [-0.25, -0.2) is 4.39 Å². The second-order valence-electron chi connectivity index (χ2n) is 4.69. The smallest absolute Gasteiger partial charge is 0.149 e. The second-order valence-corrected chi connectivity index (χ2v) is 5.55. The van der Waals surface area contributed by atoms with Gasteiger partial charge in [0.05, 0.1) is 11.0 Å². The van der Waals surface area contributed by atoms with E-state index in [1.807, 2.05) is 0 Å². The van der Waals surface area contributed by atoms with E-state index < -0.39 is 0 Å². The summed E-state index contributed by atoms with van der Waals surface area (Å²) < 4.78 is 20.1. The van der Waals surface area contributed by atoms with Crippen molar-refractivity contribution in [1.82, 2.24) is 5.32 Å². The molecular weight excluding hydrogens is 309 g/mol. The van der Waals surface area contributed by atoms with Crippen molar-refractivity contribution in [3.8, 4) is 0 Å². The average Bonchev–Trinajstić information content (AvgIpc) is 2.70. The minimum Gasteiger partial charge on any atom is -0.458 e. The van der Waals surface area contributed by atoms with Gasteiger partial charge in [-0.1, -0.05) is 20.3 Å². The maximum atomic E-state index is 13.5. The first-order valence-corrected chi connectivity index (χ1v) is 7.56. The van der Waals surface area contributed by atoms with E-state index in [1.54, 1.807) is 6.07 Å². The SMILES string of the molecule is CCCNCc1oc2c(Br)cc(F)cc2c1CCC. The fourth-order valence-electron chi connectivity index (χ4n) is 2.27. The summed E-state index contributed by atoms with van der Waals surface area (Å²) in [5.41, 5.74) is 1.87. The summed E-state index contributed by atoms with van der Waals surface area (Å²) in [7, 11) is 0. The van der Waals surface area contributed by atoms with Crippen LogP contribution in [0, 0.1) is 5.82 Å². The van der Waals surface area contributed by atoms with Gasteiger partial charge in [-0.05, 0) is 47.4 Å². The molecule has 0 atom stereocenters. The second kappa shape index (κ2) is 6.53. The molecule has 2 rings (SSSR count). The molecule has 4 heteroatoms. The predicted octanol–water partition coefficient (Wildman–Crippen LogP) is 4.79. The van der Waals surface area contributed by atoms with E-state index in [1.165, 1.54) is 6.07 Å². The molecule has 0 radical (unpaired) electrons. The number of rotatable bonds is 6. The first kappa shape index (κ1) is 14.5. The normalized spacial score (nSPS) is 11.4. The van der Waals surface area contributed by atoms with Gasteiger partial charge < -0.3 is 9.73 Å². The largest absolute Gasteiger partial charge is 0.458 e. The molecule has 0 aliphatic heterocycles. The fraction of sp³-hybridized carbons (Fsp3) is 0.467. The molecule has 2 nitrogen and oxygen atoms in total. The molecule has 1 aromatic carbocycles. The van der Waals surface area contributed by atoms with E-state index in [0.717, 1.165) is 48.1 Å². The molecule has 0 amide bonds. The van der Waals surface area contributed by atoms with Crippen LogP contribution in [0.3, 0.4) is 0 Å². The van der Waals surface area contributed by atoms with Crippen molar-refractivity contribution < 1.29 is 8.81 Å². The van der Waals surface area contributed by atoms with E-state index in [2.05, 4.69) is 35.1 Å². The third-order valence-electron chi connectivity index (χ3n) is 3.11. The van der Waals surface area contributed by atoms with Gasteiger partial charge in [-0.15, -0.1) is 0 Å². The topological polar surface area (TPSA) is 25.2 Å². The Morgan fingerprint density at radius 3 is 2.74 bits per heavy atom. The van der Waals surface area contributed by atoms with Crippen LogP contribution < -0.4 is 5.32 Å². The highest BCUT2D eigenvalue weighted by molar-refractivity contribution is 9.10. The minimum absolute atomic E-state index is 0.231. The van der Waals surface area contributed by atoms with Crippen LogP contribution in [-0.2, 0) is 13.0 Å². The van der Waals surface area contributed by atoms with Crippen LogP contribution in [0.4, 0.5) is 4.39 Å². The lowest BCUT2D eigenvalue weighted by atomic mass is 10.1. The van der Waals surface area contributed by atoms with Crippen LogP contribution in [0.5, 0.6) is 0 Å². The summed E-state index contributed by atoms with van der Waals surface area (Å²) in [4.78, 5) is 0. The summed E-state index contributed by atoms with van der Waals surface area (Å²) in [5.74, 6) is 0.696. The van der Waals surface area contributed by atoms with E-state index in [4.69, 9.17) is 4.42 Å². The van der Waals surface area contributed by atoms with Crippen molar-refractivity contribution in [2.45, 2.75) is 39.7 Å². The highest BCUT2D eigenvalue weighted by Gasteiger charge is 2.16. The quantitative estimate of drug-likeness (QED) is 0.772. The monoisotopic (exact) mass is 327 g/mol. The summed E-state index contributed by atoms with van der Waals surface area (Å²) in [6, 6.07) is 3.02. The zero-order valence-electron chi connectivity index (χ0n) is 11.4. The van der Waals surface area contributed by atoms with E-state index in [-0.39, 0.29) is 5.82 Å². The van der Waals surface area contributed by atoms with Crippen molar-refractivity contribution >= 4 is 26.9 Å². The molecule has 104 valence electrons. The van der Waals surface area contributed by atoms with Crippen LogP contribution in [0.25, 0.3) is 11.0 Å². The molecule has 0 unspecified atom stereocenters. The fourth-order valence-corrected chi connectivity index (χ4v) is 2.78. The average molecular weight is 328 g/mol. The van der Waals surface area contributed by atoms with Crippen LogP contribution in [-0.4, -0.2) is 6.54 Å². The summed E-state index contributed by atoms with van der Waals surface area (Å²) in [6.07, 6.45) is 3.01. The third-order valence-corrected chi connectivity index (χ3v) is 3.70. The third kappa shape index (κ3) is 3.18. The Balaban J connectivity index is 2.44. The lowest BCUT2D eigenvalue weighted by Crippen LogP contribution is -2.14. The van der Waals surface area contributed by atoms with Gasteiger partial charge in [0, 0.05) is 10.9 Å². The maximum Gasteiger partial charge on any atom is 0.149 e. The molecule has 0 aliphatic carbocycles. The summed E-state index contributed by atoms with van der Waals surface area (Å²) in [5, 5.41) is 4.23. The number of benzene rings is 1. The Labute approximate surface area is 121 Å². The van der Waals surface area contributed by atoms with Crippen LogP contribution in [0.15, 0.2) is 21.0 Å². The molecule has 0 fully saturated rings. The first-order chi connectivity index (χ1) is 9.17. The lowest BCUT2D eigenvalue weighted by Gasteiger charge is -2.03. The molecule has 0 saturated carbocycles. The number of fused-ring (bicyclic) bond motifs is 1. The van der Waals surface area contributed by atoms with Gasteiger partial charge >= 0.3 is 0 Å². The van der Waals surface area contributed by atoms with Crippen LogP contribution >= 0.6 is 15.9 Å². The summed E-state index contributed by atoms with van der Waals surface area (Å²) in [6.45, 7) is 5.91. The van der Waals surface area contributed by atoms with Gasteiger partial charge in [-0.3, -0.25) is 0 Å². The molecule has 0 aliphatic rings. The number of hydrogen-bond acceptors (Lipinski definition) is 2. The number of halogens is 2. The lowest BCUT2D eigenvalue weighted by molar-refractivity contribution is 0.505. The Morgan fingerprint density at radius 2 is 2.05 bits per heavy atom. The highest BCUT2D eigenvalue weighted by atomic mass is 79.9. The van der Waals surface area contributed by atoms with Crippen molar-refractivity contribution in [2.24, 2.45) is 0 Å². The van der Waals surface area contributed by atoms with Crippen molar-refractivity contribution in [2.75, 3.05) is 6.54 Å². The zero-order valence-corrected chi connectivity index (χ0v) is 12.9. The maximum absolute atomic E-state index is 13.5. The summed E-state index contributed by atoms with van der Waals surface area (Å²) >= 11 is 3.37. The standard InChI is InChI=1S/C15H19BrFNO/c1-3-5-11-12-7-10(17)8-13(16)15(12)19-14(11)9-18-6-4-2/h7-8,18H,3-6,9H2,1-2H3. The van der Waals surface area contributed by atoms with Crippen molar-refractivity contribution in [1.29, 1.82) is 0 Å². The van der Waals surface area contributed by atoms with E-state index in [9.17, 15) is 4.39 Å². The van der Waals surface area contributed by atoms with E-state index >= 15 is 0 Å². The Kier molecular flexibility index (Phi) is 4.99. The molecule has 1 N–H and O–H groups in total. The molecule has 0 spiro atoms. The van der Waals surface area contributed by atoms with Gasteiger partial charge in [-0.2, -0.15) is 0 Å². The number of furan rings is 1. The molecule has 1 heterocycles. The molecule has 19 heavy (non-hydrogen) atoms. The Hall–Kier alpha value is -0.870. The number of aryl methyl sites for hydroxylation is 1. The zero-order chi connectivity index (χ0) is 13.8. The Bertz CT molecular complexity index is 565. The van der Waals surface area contributed by atoms with Crippen molar-refractivity contribution in [3.05, 3.63) is 33.7 Å². The van der Waals surface area contributed by atoms with Gasteiger partial charge in [0.25, 0.3) is 0 Å². The molecule has 0 bridgehead atoms. The van der Waals surface area contributed by atoms with Gasteiger partial charge in [0.2, 0.25) is 0 Å². The number of hydrogen-bond donors (Lipinski definition) is 1. The van der Waals surface area contributed by atoms with Gasteiger partial charge in [0.15, 0.2) is 0 Å². The van der Waals surface area contributed by atoms with Crippen LogP contribution in [0.2, 0.25) is 0 Å². The highest BCUT2D eigenvalue weighted by Crippen LogP contribution is 2.33. The molecule has 2 aromatic rings. The molecule has 0 saturated heterocycles. The molecule has 1 aromatic heterocycles. The minimum atomic E-state index is -0.231. The Morgan fingerprint density at radius 1 is 1.26 bits per heavy atom. The number of nitrogens with one attached hydrogen (secondary N) is 1. The van der Waals surface area contributed by atoms with Crippen LogP contribution in [0.1, 0.15) is 38.0 Å².